The first-order valence-corrected chi connectivity index (χ1v) is 12.2. The summed E-state index contributed by atoms with van der Waals surface area (Å²) in [7, 11) is 0. The summed E-state index contributed by atoms with van der Waals surface area (Å²) in [5.41, 5.74) is 8.45. The number of aromatic nitrogens is 3. The molecule has 1 aromatic carbocycles. The Hall–Kier alpha value is -3.37. The summed E-state index contributed by atoms with van der Waals surface area (Å²) in [6.45, 7) is 6.26. The third-order valence-corrected chi connectivity index (χ3v) is 6.75. The van der Waals surface area contributed by atoms with Gasteiger partial charge in [0.05, 0.1) is 42.8 Å². The number of nitrogens with two attached hydrogens (primary N) is 1. The van der Waals surface area contributed by atoms with Gasteiger partial charge in [0, 0.05) is 36.4 Å². The molecule has 190 valence electrons. The molecule has 0 radical (unpaired) electrons. The molecule has 1 saturated heterocycles. The minimum atomic E-state index is -0.629. The second kappa shape index (κ2) is 9.94. The predicted molar refractivity (Wildman–Crippen MR) is 133 cm³/mol. The quantitative estimate of drug-likeness (QED) is 0.556. The highest BCUT2D eigenvalue weighted by Gasteiger charge is 2.26. The van der Waals surface area contributed by atoms with E-state index in [-0.39, 0.29) is 29.9 Å². The summed E-state index contributed by atoms with van der Waals surface area (Å²) >= 11 is 0. The molecule has 3 aromatic rings. The van der Waals surface area contributed by atoms with E-state index in [4.69, 9.17) is 10.5 Å². The number of hydrogen-bond acceptors (Lipinski definition) is 8. The van der Waals surface area contributed by atoms with Crippen LogP contribution >= 0.6 is 0 Å². The van der Waals surface area contributed by atoms with Crippen molar-refractivity contribution in [3.05, 3.63) is 59.8 Å². The van der Waals surface area contributed by atoms with Crippen molar-refractivity contribution >= 4 is 11.4 Å². The van der Waals surface area contributed by atoms with Gasteiger partial charge < -0.3 is 25.4 Å². The van der Waals surface area contributed by atoms with E-state index in [0.29, 0.717) is 48.9 Å². The van der Waals surface area contributed by atoms with Crippen molar-refractivity contribution in [3.63, 3.8) is 0 Å². The molecule has 0 bridgehead atoms. The zero-order valence-corrected chi connectivity index (χ0v) is 20.4. The molecule has 4 heterocycles. The lowest BCUT2D eigenvalue weighted by molar-refractivity contribution is 0.132. The number of aliphatic hydroxyl groups is 1. The van der Waals surface area contributed by atoms with Crippen LogP contribution in [0.4, 0.5) is 20.2 Å². The molecule has 2 atom stereocenters. The highest BCUT2D eigenvalue weighted by molar-refractivity contribution is 5.72. The van der Waals surface area contributed by atoms with Crippen LogP contribution in [0.2, 0.25) is 0 Å². The van der Waals surface area contributed by atoms with Gasteiger partial charge >= 0.3 is 0 Å². The van der Waals surface area contributed by atoms with Crippen LogP contribution in [-0.2, 0) is 6.42 Å². The lowest BCUT2D eigenvalue weighted by atomic mass is 10.0. The Morgan fingerprint density at radius 1 is 1.14 bits per heavy atom. The average molecular weight is 497 g/mol. The second-order valence-corrected chi connectivity index (χ2v) is 9.58. The molecule has 0 amide bonds. The molecule has 3 N–H and O–H groups in total. The summed E-state index contributed by atoms with van der Waals surface area (Å²) in [5, 5.41) is 10.1. The van der Waals surface area contributed by atoms with Gasteiger partial charge in [-0.25, -0.2) is 18.7 Å². The first-order chi connectivity index (χ1) is 17.3. The van der Waals surface area contributed by atoms with Gasteiger partial charge in [-0.3, -0.25) is 4.98 Å². The van der Waals surface area contributed by atoms with E-state index in [1.54, 1.807) is 12.3 Å². The fourth-order valence-electron chi connectivity index (χ4n) is 4.72. The number of halogens is 2. The summed E-state index contributed by atoms with van der Waals surface area (Å²) in [6, 6.07) is 6.69. The van der Waals surface area contributed by atoms with E-state index in [1.807, 2.05) is 35.8 Å². The van der Waals surface area contributed by atoms with Crippen LogP contribution in [0.5, 0.6) is 5.75 Å². The topological polar surface area (TPSA) is 101 Å². The fraction of sp³-hybridized carbons (Fsp3) is 0.423. The number of piperidine rings is 1. The zero-order chi connectivity index (χ0) is 25.4. The second-order valence-electron chi connectivity index (χ2n) is 9.58. The molecule has 0 spiro atoms. The molecule has 5 rings (SSSR count). The van der Waals surface area contributed by atoms with Gasteiger partial charge in [0.15, 0.2) is 17.4 Å². The lowest BCUT2D eigenvalue weighted by Crippen LogP contribution is -2.50. The number of aliphatic hydroxyl groups excluding tert-OH is 1. The van der Waals surface area contributed by atoms with E-state index >= 15 is 0 Å². The molecule has 2 aromatic heterocycles. The fourth-order valence-corrected chi connectivity index (χ4v) is 4.72. The molecule has 36 heavy (non-hydrogen) atoms. The summed E-state index contributed by atoms with van der Waals surface area (Å²) < 4.78 is 35.3. The van der Waals surface area contributed by atoms with Crippen LogP contribution in [0.3, 0.4) is 0 Å². The molecule has 0 saturated carbocycles. The smallest absolute Gasteiger partial charge is 0.178 e. The van der Waals surface area contributed by atoms with Crippen LogP contribution in [0, 0.1) is 11.6 Å². The van der Waals surface area contributed by atoms with E-state index in [2.05, 4.69) is 15.0 Å². The monoisotopic (exact) mass is 496 g/mol. The number of rotatable bonds is 5. The number of pyridine rings is 1. The average Bonchev–Trinajstić information content (AvgIpc) is 2.87. The predicted octanol–water partition coefficient (Wildman–Crippen LogP) is 2.91. The van der Waals surface area contributed by atoms with Gasteiger partial charge in [0.25, 0.3) is 0 Å². The van der Waals surface area contributed by atoms with Crippen LogP contribution in [0.15, 0.2) is 36.7 Å². The summed E-state index contributed by atoms with van der Waals surface area (Å²) in [4.78, 5) is 17.1. The number of ether oxygens (including phenoxy) is 1. The van der Waals surface area contributed by atoms with E-state index in [9.17, 15) is 13.9 Å². The maximum absolute atomic E-state index is 14.9. The Morgan fingerprint density at radius 2 is 1.97 bits per heavy atom. The van der Waals surface area contributed by atoms with Crippen molar-refractivity contribution in [2.24, 2.45) is 5.73 Å². The first kappa shape index (κ1) is 24.3. The van der Waals surface area contributed by atoms with Crippen molar-refractivity contribution in [2.75, 3.05) is 36.0 Å². The Balaban J connectivity index is 1.38. The maximum atomic E-state index is 14.9. The van der Waals surface area contributed by atoms with Crippen molar-refractivity contribution in [1.29, 1.82) is 0 Å². The minimum Gasteiger partial charge on any atom is -0.486 e. The van der Waals surface area contributed by atoms with Gasteiger partial charge in [0.2, 0.25) is 0 Å². The molecular formula is C26H30F2N6O2. The molecule has 8 nitrogen and oxygen atoms in total. The van der Waals surface area contributed by atoms with Gasteiger partial charge in [-0.1, -0.05) is 0 Å². The highest BCUT2D eigenvalue weighted by Crippen LogP contribution is 2.39. The van der Waals surface area contributed by atoms with Crippen LogP contribution in [0.1, 0.15) is 31.8 Å². The molecule has 0 aliphatic carbocycles. The largest absolute Gasteiger partial charge is 0.486 e. The van der Waals surface area contributed by atoms with Crippen LogP contribution in [0.25, 0.3) is 11.3 Å². The normalized spacial score (nSPS) is 19.9. The molecule has 1 fully saturated rings. The number of hydrogen-bond donors (Lipinski definition) is 2. The Bertz CT molecular complexity index is 1240. The van der Waals surface area contributed by atoms with E-state index in [0.717, 1.165) is 18.4 Å². The minimum absolute atomic E-state index is 0.0336. The Morgan fingerprint density at radius 3 is 2.69 bits per heavy atom. The van der Waals surface area contributed by atoms with Gasteiger partial charge in [-0.15, -0.1) is 0 Å². The molecule has 2 unspecified atom stereocenters. The number of benzene rings is 1. The van der Waals surface area contributed by atoms with Crippen LogP contribution in [-0.4, -0.2) is 64.5 Å². The third kappa shape index (κ3) is 4.83. The number of fused-ring (bicyclic) bond motifs is 1. The third-order valence-electron chi connectivity index (χ3n) is 6.75. The summed E-state index contributed by atoms with van der Waals surface area (Å²) in [5.74, 6) is -0.619. The lowest BCUT2D eigenvalue weighted by Gasteiger charge is -2.35. The molecule has 10 heteroatoms. The van der Waals surface area contributed by atoms with Crippen molar-refractivity contribution in [1.82, 2.24) is 15.0 Å². The number of β-amino-alcohol motifs (C(OH)–C–C–N with tert-alkyl or cyclic N) is 1. The van der Waals surface area contributed by atoms with Crippen molar-refractivity contribution in [3.8, 4) is 17.0 Å². The maximum Gasteiger partial charge on any atom is 0.178 e. The standard InChI is InChI=1S/C26H30F2N6O2/c1-15(2)34-7-8-36-26-19(27)9-16(10-22(26)34)25-20(28)13-31-24(32-25)11-17-3-4-18(12-30-17)33-6-5-21(29)23(35)14-33/h3-4,9-10,12-13,15,21,23,35H,5-8,11,14,29H2,1-2H3. The van der Waals surface area contributed by atoms with E-state index in [1.165, 1.54) is 6.07 Å². The van der Waals surface area contributed by atoms with Gasteiger partial charge in [-0.05, 0) is 44.5 Å². The summed E-state index contributed by atoms with van der Waals surface area (Å²) in [6.07, 6.45) is 3.27. The number of anilines is 2. The zero-order valence-electron chi connectivity index (χ0n) is 20.4. The van der Waals surface area contributed by atoms with Gasteiger partial charge in [0.1, 0.15) is 18.1 Å². The van der Waals surface area contributed by atoms with Crippen molar-refractivity contribution in [2.45, 2.75) is 44.9 Å². The van der Waals surface area contributed by atoms with E-state index < -0.39 is 17.7 Å². The SMILES string of the molecule is CC(C)N1CCOc2c(F)cc(-c3nc(Cc4ccc(N5CCC(N)C(O)C5)cn4)ncc3F)cc21. The molecule has 2 aliphatic rings. The highest BCUT2D eigenvalue weighted by atomic mass is 19.1. The Labute approximate surface area is 208 Å². The molecule has 2 aliphatic heterocycles. The Kier molecular flexibility index (Phi) is 6.72. The van der Waals surface area contributed by atoms with Crippen LogP contribution < -0.4 is 20.3 Å². The molecular weight excluding hydrogens is 466 g/mol. The van der Waals surface area contributed by atoms with Gasteiger partial charge in [-0.2, -0.15) is 0 Å². The van der Waals surface area contributed by atoms with Crippen molar-refractivity contribution < 1.29 is 18.6 Å². The first-order valence-electron chi connectivity index (χ1n) is 12.2. The number of nitrogens with zero attached hydrogens (tertiary/aromatic N) is 5.